The molecule has 1 fully saturated rings. The molecule has 0 unspecified atom stereocenters. The molecule has 4 heterocycles. The summed E-state index contributed by atoms with van der Waals surface area (Å²) in [7, 11) is 0. The molecule has 0 bridgehead atoms. The van der Waals surface area contributed by atoms with Crippen LogP contribution in [-0.2, 0) is 6.54 Å². The maximum atomic E-state index is 12.8. The summed E-state index contributed by atoms with van der Waals surface area (Å²) in [4.78, 5) is 30.6. The number of hydrogen-bond acceptors (Lipinski definition) is 7. The minimum atomic E-state index is -0.754. The molecule has 2 atom stereocenters. The molecule has 0 radical (unpaired) electrons. The van der Waals surface area contributed by atoms with Crippen molar-refractivity contribution in [3.63, 3.8) is 0 Å². The standard InChI is InChI=1S/C19H21N5O5/c1-12-21-16(11-28-12)18(26)22-13-7-14(25)9-23(8-13)19(27)17-4-3-15(29-17)10-24-6-2-5-20-24/h2-6,11,13-14,25H,7-10H2,1H3,(H,22,26)/t13-,14+/m0/s1. The molecule has 2 amide bonds. The average molecular weight is 399 g/mol. The fraction of sp³-hybridized carbons (Fsp3) is 0.368. The number of nitrogens with one attached hydrogen (secondary N) is 1. The zero-order chi connectivity index (χ0) is 20.4. The number of aromatic nitrogens is 3. The number of hydrogen-bond donors (Lipinski definition) is 2. The van der Waals surface area contributed by atoms with Gasteiger partial charge in [-0.25, -0.2) is 4.98 Å². The first-order valence-corrected chi connectivity index (χ1v) is 9.24. The molecule has 0 aliphatic carbocycles. The van der Waals surface area contributed by atoms with Crippen LogP contribution < -0.4 is 5.32 Å². The Hall–Kier alpha value is -3.40. The van der Waals surface area contributed by atoms with Crippen molar-refractivity contribution in [2.75, 3.05) is 13.1 Å². The van der Waals surface area contributed by atoms with E-state index in [0.717, 1.165) is 0 Å². The molecule has 1 saturated heterocycles. The molecule has 152 valence electrons. The average Bonchev–Trinajstić information content (AvgIpc) is 3.43. The van der Waals surface area contributed by atoms with E-state index in [4.69, 9.17) is 8.83 Å². The third-order valence-corrected chi connectivity index (χ3v) is 4.65. The van der Waals surface area contributed by atoms with Crippen molar-refractivity contribution in [3.8, 4) is 0 Å². The fourth-order valence-electron chi connectivity index (χ4n) is 3.36. The number of likely N-dealkylation sites (tertiary alicyclic amines) is 1. The summed E-state index contributed by atoms with van der Waals surface area (Å²) < 4.78 is 12.4. The first kappa shape index (κ1) is 18.9. The van der Waals surface area contributed by atoms with Crippen LogP contribution in [0.5, 0.6) is 0 Å². The Kier molecular flexibility index (Phi) is 5.17. The lowest BCUT2D eigenvalue weighted by molar-refractivity contribution is 0.0348. The monoisotopic (exact) mass is 399 g/mol. The zero-order valence-corrected chi connectivity index (χ0v) is 15.8. The van der Waals surface area contributed by atoms with Gasteiger partial charge in [-0.15, -0.1) is 0 Å². The smallest absolute Gasteiger partial charge is 0.289 e. The van der Waals surface area contributed by atoms with E-state index in [1.165, 1.54) is 11.2 Å². The normalized spacial score (nSPS) is 19.3. The number of aryl methyl sites for hydroxylation is 1. The van der Waals surface area contributed by atoms with Crippen molar-refractivity contribution < 1.29 is 23.5 Å². The number of furan rings is 1. The van der Waals surface area contributed by atoms with Gasteiger partial charge in [-0.1, -0.05) is 0 Å². The third kappa shape index (κ3) is 4.37. The predicted octanol–water partition coefficient (Wildman–Crippen LogP) is 0.826. The maximum absolute atomic E-state index is 12.8. The van der Waals surface area contributed by atoms with Gasteiger partial charge in [0, 0.05) is 38.4 Å². The molecule has 29 heavy (non-hydrogen) atoms. The van der Waals surface area contributed by atoms with E-state index in [1.807, 2.05) is 0 Å². The molecule has 10 nitrogen and oxygen atoms in total. The minimum absolute atomic E-state index is 0.162. The van der Waals surface area contributed by atoms with Gasteiger partial charge >= 0.3 is 0 Å². The van der Waals surface area contributed by atoms with E-state index in [-0.39, 0.29) is 30.5 Å². The van der Waals surface area contributed by atoms with Crippen LogP contribution in [0.4, 0.5) is 0 Å². The fourth-order valence-corrected chi connectivity index (χ4v) is 3.36. The van der Waals surface area contributed by atoms with Crippen molar-refractivity contribution in [2.24, 2.45) is 0 Å². The summed E-state index contributed by atoms with van der Waals surface area (Å²) in [5, 5.41) is 17.1. The number of carbonyl (C=O) groups is 2. The lowest BCUT2D eigenvalue weighted by Gasteiger charge is -2.35. The number of oxazole rings is 1. The van der Waals surface area contributed by atoms with Gasteiger partial charge in [0.15, 0.2) is 17.3 Å². The van der Waals surface area contributed by atoms with E-state index in [2.05, 4.69) is 15.4 Å². The molecule has 2 N–H and O–H groups in total. The van der Waals surface area contributed by atoms with Crippen molar-refractivity contribution >= 4 is 11.8 Å². The highest BCUT2D eigenvalue weighted by molar-refractivity contribution is 5.93. The van der Waals surface area contributed by atoms with Crippen LogP contribution in [0.15, 0.2) is 45.7 Å². The van der Waals surface area contributed by atoms with E-state index in [1.54, 1.807) is 42.2 Å². The highest BCUT2D eigenvalue weighted by Crippen LogP contribution is 2.17. The highest BCUT2D eigenvalue weighted by atomic mass is 16.4. The number of aliphatic hydroxyl groups is 1. The number of aliphatic hydroxyl groups excluding tert-OH is 1. The molecule has 1 aliphatic rings. The van der Waals surface area contributed by atoms with Crippen molar-refractivity contribution in [1.82, 2.24) is 25.0 Å². The Balaban J connectivity index is 1.40. The second-order valence-corrected chi connectivity index (χ2v) is 6.99. The van der Waals surface area contributed by atoms with Crippen LogP contribution in [0, 0.1) is 6.92 Å². The first-order valence-electron chi connectivity index (χ1n) is 9.24. The Labute approximate surface area is 166 Å². The Morgan fingerprint density at radius 3 is 2.93 bits per heavy atom. The van der Waals surface area contributed by atoms with Gasteiger partial charge in [-0.3, -0.25) is 14.3 Å². The van der Waals surface area contributed by atoms with Crippen molar-refractivity contribution in [1.29, 1.82) is 0 Å². The Morgan fingerprint density at radius 2 is 2.21 bits per heavy atom. The molecule has 0 spiro atoms. The summed E-state index contributed by atoms with van der Waals surface area (Å²) in [5.74, 6) is 0.415. The lowest BCUT2D eigenvalue weighted by Crippen LogP contribution is -2.54. The molecule has 3 aromatic heterocycles. The maximum Gasteiger partial charge on any atom is 0.289 e. The van der Waals surface area contributed by atoms with Crippen molar-refractivity contribution in [3.05, 3.63) is 60.0 Å². The largest absolute Gasteiger partial charge is 0.454 e. The van der Waals surface area contributed by atoms with Gasteiger partial charge in [-0.05, 0) is 24.6 Å². The number of amides is 2. The van der Waals surface area contributed by atoms with Gasteiger partial charge < -0.3 is 24.2 Å². The molecular weight excluding hydrogens is 378 g/mol. The summed E-state index contributed by atoms with van der Waals surface area (Å²) >= 11 is 0. The number of carbonyl (C=O) groups excluding carboxylic acids is 2. The van der Waals surface area contributed by atoms with Crippen LogP contribution in [-0.4, -0.2) is 61.8 Å². The van der Waals surface area contributed by atoms with E-state index in [9.17, 15) is 14.7 Å². The molecule has 0 saturated carbocycles. The zero-order valence-electron chi connectivity index (χ0n) is 15.8. The minimum Gasteiger partial charge on any atom is -0.454 e. The summed E-state index contributed by atoms with van der Waals surface area (Å²) in [6, 6.07) is 4.72. The highest BCUT2D eigenvalue weighted by Gasteiger charge is 2.32. The van der Waals surface area contributed by atoms with E-state index < -0.39 is 18.1 Å². The molecule has 3 aromatic rings. The number of piperidine rings is 1. The van der Waals surface area contributed by atoms with Crippen LogP contribution in [0.3, 0.4) is 0 Å². The topological polar surface area (TPSA) is 127 Å². The molecule has 1 aliphatic heterocycles. The van der Waals surface area contributed by atoms with Crippen LogP contribution in [0.25, 0.3) is 0 Å². The predicted molar refractivity (Wildman–Crippen MR) is 99.1 cm³/mol. The molecule has 4 rings (SSSR count). The van der Waals surface area contributed by atoms with Crippen LogP contribution in [0.2, 0.25) is 0 Å². The summed E-state index contributed by atoms with van der Waals surface area (Å²) in [5.41, 5.74) is 0.162. The second-order valence-electron chi connectivity index (χ2n) is 6.99. The molecule has 10 heteroatoms. The molecular formula is C19H21N5O5. The van der Waals surface area contributed by atoms with Gasteiger partial charge in [0.1, 0.15) is 12.0 Å². The van der Waals surface area contributed by atoms with Crippen LogP contribution >= 0.6 is 0 Å². The second kappa shape index (κ2) is 7.92. The number of nitrogens with zero attached hydrogens (tertiary/aromatic N) is 4. The van der Waals surface area contributed by atoms with Gasteiger partial charge in [0.2, 0.25) is 0 Å². The van der Waals surface area contributed by atoms with Gasteiger partial charge in [0.05, 0.1) is 12.6 Å². The molecule has 0 aromatic carbocycles. The number of rotatable bonds is 5. The summed E-state index contributed by atoms with van der Waals surface area (Å²) in [6.07, 6.45) is 4.33. The van der Waals surface area contributed by atoms with Gasteiger partial charge in [-0.2, -0.15) is 5.10 Å². The summed E-state index contributed by atoms with van der Waals surface area (Å²) in [6.45, 7) is 2.49. The van der Waals surface area contributed by atoms with E-state index >= 15 is 0 Å². The van der Waals surface area contributed by atoms with Gasteiger partial charge in [0.25, 0.3) is 11.8 Å². The van der Waals surface area contributed by atoms with E-state index in [0.29, 0.717) is 24.6 Å². The lowest BCUT2D eigenvalue weighted by atomic mass is 10.0. The quantitative estimate of drug-likeness (QED) is 0.650. The third-order valence-electron chi connectivity index (χ3n) is 4.65. The Bertz CT molecular complexity index is 992. The first-order chi connectivity index (χ1) is 14.0. The van der Waals surface area contributed by atoms with Crippen molar-refractivity contribution in [2.45, 2.75) is 32.0 Å². The number of β-amino-alcohol motifs (C(OH)–C–C–N with tert-alkyl or cyclic N) is 1. The van der Waals surface area contributed by atoms with Crippen LogP contribution in [0.1, 0.15) is 39.1 Å². The Morgan fingerprint density at radius 1 is 1.34 bits per heavy atom. The SMILES string of the molecule is Cc1nc(C(=O)N[C@H]2C[C@@H](O)CN(C(=O)c3ccc(Cn4cccn4)o3)C2)co1.